The molecule has 2 aliphatic carbocycles. The summed E-state index contributed by atoms with van der Waals surface area (Å²) in [5, 5.41) is 20.6. The normalized spacial score (nSPS) is 22.5. The molecule has 2 N–H and O–H groups in total. The second kappa shape index (κ2) is 8.94. The second-order valence-electron chi connectivity index (χ2n) is 11.1. The van der Waals surface area contributed by atoms with Crippen molar-refractivity contribution in [1.29, 1.82) is 0 Å². The number of aliphatic hydroxyl groups is 1. The SMILES string of the molecule is CCCCCC1(C(O)C=Cc2ccc(C(=O)O)cc2)CC2=C(C1)C(C)(C)CCC2(C)C. The van der Waals surface area contributed by atoms with Crippen LogP contribution in [0.1, 0.15) is 102 Å². The van der Waals surface area contributed by atoms with Crippen LogP contribution in [-0.4, -0.2) is 22.3 Å². The Labute approximate surface area is 188 Å². The standard InChI is InChI=1S/C28H40O3/c1-6-7-8-15-28(18-22-23(19-28)27(4,5)17-16-26(22,2)3)24(29)14-11-20-9-12-21(13-10-20)25(30)31/h9-14,24,29H,6-8,15-19H2,1-5H3,(H,30,31). The van der Waals surface area contributed by atoms with Gasteiger partial charge in [-0.15, -0.1) is 0 Å². The first-order valence-corrected chi connectivity index (χ1v) is 11.9. The monoisotopic (exact) mass is 424 g/mol. The lowest BCUT2D eigenvalue weighted by Gasteiger charge is -2.41. The van der Waals surface area contributed by atoms with Crippen LogP contribution in [0.25, 0.3) is 6.08 Å². The Morgan fingerprint density at radius 2 is 1.55 bits per heavy atom. The van der Waals surface area contributed by atoms with Gasteiger partial charge < -0.3 is 10.2 Å². The van der Waals surface area contributed by atoms with Crippen molar-refractivity contribution in [3.63, 3.8) is 0 Å². The highest BCUT2D eigenvalue weighted by Crippen LogP contribution is 2.62. The molecule has 0 saturated heterocycles. The average Bonchev–Trinajstić information content (AvgIpc) is 3.14. The highest BCUT2D eigenvalue weighted by Gasteiger charge is 2.51. The molecule has 0 spiro atoms. The van der Waals surface area contributed by atoms with E-state index in [4.69, 9.17) is 5.11 Å². The van der Waals surface area contributed by atoms with Crippen molar-refractivity contribution in [2.75, 3.05) is 0 Å². The number of carboxylic acid groups (broad SMARTS) is 1. The minimum absolute atomic E-state index is 0.129. The van der Waals surface area contributed by atoms with Crippen LogP contribution in [0.3, 0.4) is 0 Å². The third-order valence-electron chi connectivity index (χ3n) is 7.97. The topological polar surface area (TPSA) is 57.5 Å². The van der Waals surface area contributed by atoms with E-state index in [2.05, 4.69) is 34.6 Å². The van der Waals surface area contributed by atoms with Crippen LogP contribution in [0.4, 0.5) is 0 Å². The van der Waals surface area contributed by atoms with Gasteiger partial charge in [-0.3, -0.25) is 0 Å². The van der Waals surface area contributed by atoms with Crippen LogP contribution in [0.5, 0.6) is 0 Å². The van der Waals surface area contributed by atoms with Crippen molar-refractivity contribution in [3.8, 4) is 0 Å². The lowest BCUT2D eigenvalue weighted by molar-refractivity contribution is 0.0562. The fourth-order valence-electron chi connectivity index (χ4n) is 5.61. The Morgan fingerprint density at radius 3 is 2.03 bits per heavy atom. The van der Waals surface area contributed by atoms with Gasteiger partial charge in [0.2, 0.25) is 0 Å². The Balaban J connectivity index is 1.86. The molecule has 3 rings (SSSR count). The summed E-state index contributed by atoms with van der Waals surface area (Å²) >= 11 is 0. The van der Waals surface area contributed by atoms with Gasteiger partial charge in [0, 0.05) is 5.41 Å². The first kappa shape index (κ1) is 23.8. The van der Waals surface area contributed by atoms with Gasteiger partial charge in [-0.2, -0.15) is 0 Å². The molecule has 3 heteroatoms. The molecular weight excluding hydrogens is 384 g/mol. The van der Waals surface area contributed by atoms with Gasteiger partial charge in [0.1, 0.15) is 0 Å². The highest BCUT2D eigenvalue weighted by atomic mass is 16.4. The number of aromatic carboxylic acids is 1. The molecule has 0 saturated carbocycles. The van der Waals surface area contributed by atoms with Crippen LogP contribution in [0, 0.1) is 16.2 Å². The lowest BCUT2D eigenvalue weighted by Crippen LogP contribution is -2.33. The van der Waals surface area contributed by atoms with Gasteiger partial charge in [-0.25, -0.2) is 4.79 Å². The van der Waals surface area contributed by atoms with Gasteiger partial charge >= 0.3 is 5.97 Å². The highest BCUT2D eigenvalue weighted by molar-refractivity contribution is 5.87. The quantitative estimate of drug-likeness (QED) is 0.341. The van der Waals surface area contributed by atoms with E-state index in [9.17, 15) is 9.90 Å². The molecule has 1 aromatic carbocycles. The molecule has 0 amide bonds. The summed E-state index contributed by atoms with van der Waals surface area (Å²) in [7, 11) is 0. The fraction of sp³-hybridized carbons (Fsp3) is 0.607. The zero-order chi connectivity index (χ0) is 22.9. The zero-order valence-corrected chi connectivity index (χ0v) is 20.0. The van der Waals surface area contributed by atoms with Crippen molar-refractivity contribution >= 4 is 12.0 Å². The molecular formula is C28H40O3. The Bertz CT molecular complexity index is 827. The van der Waals surface area contributed by atoms with Gasteiger partial charge in [0.25, 0.3) is 0 Å². The fourth-order valence-corrected chi connectivity index (χ4v) is 5.61. The van der Waals surface area contributed by atoms with E-state index >= 15 is 0 Å². The van der Waals surface area contributed by atoms with Crippen LogP contribution in [-0.2, 0) is 0 Å². The molecule has 1 aromatic rings. The van der Waals surface area contributed by atoms with E-state index in [-0.39, 0.29) is 21.8 Å². The van der Waals surface area contributed by atoms with Crippen molar-refractivity contribution in [1.82, 2.24) is 0 Å². The van der Waals surface area contributed by atoms with Crippen molar-refractivity contribution in [2.24, 2.45) is 16.2 Å². The van der Waals surface area contributed by atoms with E-state index in [1.54, 1.807) is 35.4 Å². The predicted molar refractivity (Wildman–Crippen MR) is 128 cm³/mol. The van der Waals surface area contributed by atoms with Crippen LogP contribution < -0.4 is 0 Å². The van der Waals surface area contributed by atoms with Crippen molar-refractivity contribution in [2.45, 2.75) is 92.1 Å². The summed E-state index contributed by atoms with van der Waals surface area (Å²) in [6.07, 6.45) is 12.4. The summed E-state index contributed by atoms with van der Waals surface area (Å²) in [5.74, 6) is -0.918. The Hall–Kier alpha value is -1.87. The first-order chi connectivity index (χ1) is 14.5. The minimum Gasteiger partial charge on any atom is -0.478 e. The van der Waals surface area contributed by atoms with E-state index < -0.39 is 12.1 Å². The van der Waals surface area contributed by atoms with E-state index in [1.807, 2.05) is 12.2 Å². The molecule has 0 aliphatic heterocycles. The molecule has 0 heterocycles. The first-order valence-electron chi connectivity index (χ1n) is 11.9. The molecule has 31 heavy (non-hydrogen) atoms. The predicted octanol–water partition coefficient (Wildman–Crippen LogP) is 7.26. The zero-order valence-electron chi connectivity index (χ0n) is 20.0. The molecule has 1 unspecified atom stereocenters. The molecule has 1 atom stereocenters. The third kappa shape index (κ3) is 4.98. The number of hydrogen-bond acceptors (Lipinski definition) is 2. The van der Waals surface area contributed by atoms with Crippen LogP contribution in [0.2, 0.25) is 0 Å². The maximum atomic E-state index is 11.5. The number of carboxylic acids is 1. The third-order valence-corrected chi connectivity index (χ3v) is 7.97. The van der Waals surface area contributed by atoms with E-state index in [0.29, 0.717) is 0 Å². The Morgan fingerprint density at radius 1 is 1.00 bits per heavy atom. The average molecular weight is 425 g/mol. The molecule has 0 bridgehead atoms. The summed E-state index contributed by atoms with van der Waals surface area (Å²) in [5.41, 5.74) is 4.70. The van der Waals surface area contributed by atoms with Gasteiger partial charge in [0.15, 0.2) is 0 Å². The number of aliphatic hydroxyl groups excluding tert-OH is 1. The van der Waals surface area contributed by atoms with Crippen LogP contribution in [0.15, 0.2) is 41.5 Å². The van der Waals surface area contributed by atoms with Gasteiger partial charge in [-0.05, 0) is 60.6 Å². The number of hydrogen-bond donors (Lipinski definition) is 2. The van der Waals surface area contributed by atoms with E-state index in [0.717, 1.165) is 31.2 Å². The van der Waals surface area contributed by atoms with Crippen LogP contribution >= 0.6 is 0 Å². The number of allylic oxidation sites excluding steroid dienone is 2. The summed E-state index contributed by atoms with van der Waals surface area (Å²) in [6, 6.07) is 6.85. The maximum absolute atomic E-state index is 11.5. The largest absolute Gasteiger partial charge is 0.478 e. The number of benzene rings is 1. The molecule has 0 aromatic heterocycles. The van der Waals surface area contributed by atoms with Gasteiger partial charge in [0.05, 0.1) is 11.7 Å². The van der Waals surface area contributed by atoms with E-state index in [1.165, 1.54) is 25.7 Å². The number of unbranched alkanes of at least 4 members (excludes halogenated alkanes) is 2. The van der Waals surface area contributed by atoms with Crippen molar-refractivity contribution < 1.29 is 15.0 Å². The summed E-state index contributed by atoms with van der Waals surface area (Å²) < 4.78 is 0. The van der Waals surface area contributed by atoms with Gasteiger partial charge in [-0.1, -0.05) is 89.3 Å². The lowest BCUT2D eigenvalue weighted by atomic mass is 9.64. The molecule has 0 fully saturated rings. The molecule has 0 radical (unpaired) electrons. The Kier molecular flexibility index (Phi) is 6.86. The molecule has 2 aliphatic rings. The summed E-state index contributed by atoms with van der Waals surface area (Å²) in [6.45, 7) is 11.8. The maximum Gasteiger partial charge on any atom is 0.335 e. The summed E-state index contributed by atoms with van der Waals surface area (Å²) in [4.78, 5) is 11.1. The second-order valence-corrected chi connectivity index (χ2v) is 11.1. The van der Waals surface area contributed by atoms with Crippen molar-refractivity contribution in [3.05, 3.63) is 52.6 Å². The number of carbonyl (C=O) groups is 1. The molecule has 3 nitrogen and oxygen atoms in total. The smallest absolute Gasteiger partial charge is 0.335 e. The number of rotatable bonds is 8. The minimum atomic E-state index is -0.918. The molecule has 170 valence electrons.